The molecular weight excluding hydrogens is 331 g/mol. The summed E-state index contributed by atoms with van der Waals surface area (Å²) in [6, 6.07) is 13.9. The Bertz CT molecular complexity index is 711. The van der Waals surface area contributed by atoms with E-state index in [1.165, 1.54) is 23.8 Å². The maximum atomic E-state index is 13.3. The molecule has 0 radical (unpaired) electrons. The fraction of sp³-hybridized carbons (Fsp3) is 0.278. The predicted octanol–water partition coefficient (Wildman–Crippen LogP) is 3.32. The van der Waals surface area contributed by atoms with Gasteiger partial charge in [-0.3, -0.25) is 9.69 Å². The standard InChI is InChI=1S/C18H18ClFN2O2/c19-15-7-6-14(20)10-16(15)21-18(23)17-12-22(8-9-24-17)11-13-4-2-1-3-5-13/h1-7,10,17H,8-9,11-12H2,(H,21,23). The largest absolute Gasteiger partial charge is 0.366 e. The number of benzene rings is 2. The molecule has 6 heteroatoms. The number of rotatable bonds is 4. The number of hydrogen-bond acceptors (Lipinski definition) is 3. The van der Waals surface area contributed by atoms with Gasteiger partial charge in [0.05, 0.1) is 17.3 Å². The van der Waals surface area contributed by atoms with E-state index in [0.29, 0.717) is 18.2 Å². The summed E-state index contributed by atoms with van der Waals surface area (Å²) in [5, 5.41) is 2.94. The lowest BCUT2D eigenvalue weighted by Gasteiger charge is -2.32. The number of ether oxygens (including phenoxy) is 1. The van der Waals surface area contributed by atoms with Gasteiger partial charge in [-0.2, -0.15) is 0 Å². The SMILES string of the molecule is O=C(Nc1cc(F)ccc1Cl)C1CN(Cc2ccccc2)CCO1. The highest BCUT2D eigenvalue weighted by molar-refractivity contribution is 6.33. The van der Waals surface area contributed by atoms with Crippen LogP contribution in [-0.2, 0) is 16.1 Å². The van der Waals surface area contributed by atoms with Gasteiger partial charge in [0, 0.05) is 19.6 Å². The minimum absolute atomic E-state index is 0.255. The van der Waals surface area contributed by atoms with Crippen molar-refractivity contribution in [3.8, 4) is 0 Å². The first-order valence-electron chi connectivity index (χ1n) is 7.75. The van der Waals surface area contributed by atoms with E-state index in [2.05, 4.69) is 22.3 Å². The first-order chi connectivity index (χ1) is 11.6. The van der Waals surface area contributed by atoms with E-state index >= 15 is 0 Å². The summed E-state index contributed by atoms with van der Waals surface area (Å²) in [6.07, 6.45) is -0.609. The molecule has 2 aromatic rings. The third-order valence-corrected chi connectivity index (χ3v) is 4.21. The normalized spacial score (nSPS) is 18.3. The Labute approximate surface area is 145 Å². The molecule has 0 aliphatic carbocycles. The van der Waals surface area contributed by atoms with E-state index < -0.39 is 11.9 Å². The quantitative estimate of drug-likeness (QED) is 0.921. The molecule has 1 amide bonds. The fourth-order valence-corrected chi connectivity index (χ4v) is 2.82. The van der Waals surface area contributed by atoms with Crippen LogP contribution in [0.2, 0.25) is 5.02 Å². The van der Waals surface area contributed by atoms with Crippen molar-refractivity contribution in [2.24, 2.45) is 0 Å². The van der Waals surface area contributed by atoms with Crippen LogP contribution in [0.4, 0.5) is 10.1 Å². The molecule has 0 bridgehead atoms. The molecule has 24 heavy (non-hydrogen) atoms. The van der Waals surface area contributed by atoms with Crippen LogP contribution in [0.3, 0.4) is 0 Å². The maximum Gasteiger partial charge on any atom is 0.254 e. The second-order valence-electron chi connectivity index (χ2n) is 5.69. The molecule has 0 aromatic heterocycles. The monoisotopic (exact) mass is 348 g/mol. The van der Waals surface area contributed by atoms with Crippen LogP contribution in [0, 0.1) is 5.82 Å². The highest BCUT2D eigenvalue weighted by Crippen LogP contribution is 2.23. The van der Waals surface area contributed by atoms with Crippen molar-refractivity contribution in [3.05, 3.63) is 64.9 Å². The summed E-state index contributed by atoms with van der Waals surface area (Å²) < 4.78 is 18.9. The lowest BCUT2D eigenvalue weighted by Crippen LogP contribution is -2.47. The van der Waals surface area contributed by atoms with Gasteiger partial charge in [-0.25, -0.2) is 4.39 Å². The van der Waals surface area contributed by atoms with E-state index in [9.17, 15) is 9.18 Å². The second kappa shape index (κ2) is 7.75. The summed E-state index contributed by atoms with van der Waals surface area (Å²) in [7, 11) is 0. The Balaban J connectivity index is 1.61. The Kier molecular flexibility index (Phi) is 5.45. The molecule has 1 N–H and O–H groups in total. The molecule has 3 rings (SSSR count). The zero-order chi connectivity index (χ0) is 16.9. The number of carbonyl (C=O) groups excluding carboxylic acids is 1. The van der Waals surface area contributed by atoms with Crippen LogP contribution in [0.25, 0.3) is 0 Å². The molecule has 1 fully saturated rings. The Morgan fingerprint density at radius 3 is 2.88 bits per heavy atom. The van der Waals surface area contributed by atoms with Gasteiger partial charge in [0.2, 0.25) is 0 Å². The summed E-state index contributed by atoms with van der Waals surface area (Å²) in [6.45, 7) is 2.48. The highest BCUT2D eigenvalue weighted by atomic mass is 35.5. The summed E-state index contributed by atoms with van der Waals surface area (Å²) >= 11 is 5.98. The van der Waals surface area contributed by atoms with Gasteiger partial charge in [0.1, 0.15) is 11.9 Å². The number of anilines is 1. The Hall–Kier alpha value is -1.95. The number of morpholine rings is 1. The zero-order valence-corrected chi connectivity index (χ0v) is 13.8. The number of hydrogen-bond donors (Lipinski definition) is 1. The molecule has 4 nitrogen and oxygen atoms in total. The fourth-order valence-electron chi connectivity index (χ4n) is 2.65. The summed E-state index contributed by atoms with van der Waals surface area (Å²) in [5.74, 6) is -0.773. The van der Waals surface area contributed by atoms with E-state index in [4.69, 9.17) is 16.3 Å². The van der Waals surface area contributed by atoms with Gasteiger partial charge < -0.3 is 10.1 Å². The predicted molar refractivity (Wildman–Crippen MR) is 91.5 cm³/mol. The highest BCUT2D eigenvalue weighted by Gasteiger charge is 2.27. The van der Waals surface area contributed by atoms with Crippen LogP contribution in [0.15, 0.2) is 48.5 Å². The molecule has 1 aliphatic rings. The number of carbonyl (C=O) groups is 1. The molecular formula is C18H18ClFN2O2. The smallest absolute Gasteiger partial charge is 0.254 e. The molecule has 1 heterocycles. The van der Waals surface area contributed by atoms with Gasteiger partial charge in [0.25, 0.3) is 5.91 Å². The van der Waals surface area contributed by atoms with Gasteiger partial charge in [0.15, 0.2) is 0 Å². The van der Waals surface area contributed by atoms with Gasteiger partial charge in [-0.05, 0) is 23.8 Å². The molecule has 0 saturated carbocycles. The van der Waals surface area contributed by atoms with Crippen molar-refractivity contribution in [2.75, 3.05) is 25.0 Å². The lowest BCUT2D eigenvalue weighted by atomic mass is 10.2. The van der Waals surface area contributed by atoms with Crippen molar-refractivity contribution in [1.29, 1.82) is 0 Å². The van der Waals surface area contributed by atoms with Crippen LogP contribution in [-0.4, -0.2) is 36.6 Å². The first-order valence-corrected chi connectivity index (χ1v) is 8.13. The zero-order valence-electron chi connectivity index (χ0n) is 13.0. The third-order valence-electron chi connectivity index (χ3n) is 3.88. The second-order valence-corrected chi connectivity index (χ2v) is 6.10. The average molecular weight is 349 g/mol. The van der Waals surface area contributed by atoms with Crippen molar-refractivity contribution >= 4 is 23.2 Å². The van der Waals surface area contributed by atoms with Crippen LogP contribution in [0.1, 0.15) is 5.56 Å². The van der Waals surface area contributed by atoms with Crippen LogP contribution < -0.4 is 5.32 Å². The lowest BCUT2D eigenvalue weighted by molar-refractivity contribution is -0.133. The molecule has 2 aromatic carbocycles. The van der Waals surface area contributed by atoms with Crippen LogP contribution >= 0.6 is 11.6 Å². The summed E-state index contributed by atoms with van der Waals surface area (Å²) in [4.78, 5) is 14.5. The molecule has 1 unspecified atom stereocenters. The average Bonchev–Trinajstić information content (AvgIpc) is 2.59. The molecule has 126 valence electrons. The Morgan fingerprint density at radius 1 is 1.29 bits per heavy atom. The number of halogens is 2. The van der Waals surface area contributed by atoms with E-state index in [1.54, 1.807) is 0 Å². The number of nitrogens with one attached hydrogen (secondary N) is 1. The molecule has 0 spiro atoms. The van der Waals surface area contributed by atoms with Crippen LogP contribution in [0.5, 0.6) is 0 Å². The third kappa shape index (κ3) is 4.32. The van der Waals surface area contributed by atoms with Crippen molar-refractivity contribution in [2.45, 2.75) is 12.6 Å². The molecule has 1 aliphatic heterocycles. The molecule has 1 atom stereocenters. The minimum atomic E-state index is -0.609. The van der Waals surface area contributed by atoms with Gasteiger partial charge >= 0.3 is 0 Å². The van der Waals surface area contributed by atoms with E-state index in [-0.39, 0.29) is 11.6 Å². The molecule has 1 saturated heterocycles. The van der Waals surface area contributed by atoms with E-state index in [1.807, 2.05) is 18.2 Å². The topological polar surface area (TPSA) is 41.6 Å². The van der Waals surface area contributed by atoms with Gasteiger partial charge in [-0.15, -0.1) is 0 Å². The van der Waals surface area contributed by atoms with Gasteiger partial charge in [-0.1, -0.05) is 41.9 Å². The Morgan fingerprint density at radius 2 is 2.08 bits per heavy atom. The number of nitrogens with zero attached hydrogens (tertiary/aromatic N) is 1. The van der Waals surface area contributed by atoms with Crippen molar-refractivity contribution < 1.29 is 13.9 Å². The van der Waals surface area contributed by atoms with E-state index in [0.717, 1.165) is 13.1 Å². The van der Waals surface area contributed by atoms with Crippen molar-refractivity contribution in [1.82, 2.24) is 4.90 Å². The summed E-state index contributed by atoms with van der Waals surface area (Å²) in [5.41, 5.74) is 1.44. The maximum absolute atomic E-state index is 13.3. The minimum Gasteiger partial charge on any atom is -0.366 e. The van der Waals surface area contributed by atoms with Crippen molar-refractivity contribution in [3.63, 3.8) is 0 Å². The first kappa shape index (κ1) is 16.9. The number of amides is 1.